The van der Waals surface area contributed by atoms with E-state index in [4.69, 9.17) is 0 Å². The molecule has 8 heteroatoms. The number of halogens is 4. The molecule has 21 heavy (non-hydrogen) atoms. The van der Waals surface area contributed by atoms with Crippen LogP contribution in [-0.4, -0.2) is 43.5 Å². The third-order valence-electron chi connectivity index (χ3n) is 3.14. The summed E-state index contributed by atoms with van der Waals surface area (Å²) < 4.78 is 38.4. The second-order valence-electron chi connectivity index (χ2n) is 4.77. The molecule has 1 fully saturated rings. The summed E-state index contributed by atoms with van der Waals surface area (Å²) in [6.45, 7) is 3.28. The third-order valence-corrected chi connectivity index (χ3v) is 3.84. The Hall–Kier alpha value is -1.12. The van der Waals surface area contributed by atoms with E-state index >= 15 is 0 Å². The first-order chi connectivity index (χ1) is 9.86. The van der Waals surface area contributed by atoms with Gasteiger partial charge < -0.3 is 10.6 Å². The number of carbonyl (C=O) groups excluding carboxylic acids is 1. The molecule has 0 aromatic heterocycles. The quantitative estimate of drug-likeness (QED) is 0.863. The normalized spacial score (nSPS) is 16.8. The largest absolute Gasteiger partial charge is 0.416 e. The lowest BCUT2D eigenvalue weighted by Gasteiger charge is -2.26. The Morgan fingerprint density at radius 1 is 1.33 bits per heavy atom. The highest BCUT2D eigenvalue weighted by Crippen LogP contribution is 2.33. The van der Waals surface area contributed by atoms with E-state index in [9.17, 15) is 18.0 Å². The highest BCUT2D eigenvalue weighted by molar-refractivity contribution is 9.10. The van der Waals surface area contributed by atoms with E-state index < -0.39 is 11.7 Å². The Balaban J connectivity index is 2.02. The average Bonchev–Trinajstić information content (AvgIpc) is 2.41. The molecule has 2 N–H and O–H groups in total. The second-order valence-corrected chi connectivity index (χ2v) is 5.62. The molecule has 1 heterocycles. The monoisotopic (exact) mass is 365 g/mol. The van der Waals surface area contributed by atoms with Crippen LogP contribution in [0.5, 0.6) is 0 Å². The smallest absolute Gasteiger partial charge is 0.324 e. The number of carbonyl (C=O) groups is 1. The van der Waals surface area contributed by atoms with Gasteiger partial charge in [0, 0.05) is 30.7 Å². The number of hydrogen-bond donors (Lipinski definition) is 2. The van der Waals surface area contributed by atoms with Gasteiger partial charge in [-0.1, -0.05) is 0 Å². The molecule has 0 saturated carbocycles. The molecule has 1 saturated heterocycles. The molecule has 1 aliphatic heterocycles. The molecule has 0 atom stereocenters. The lowest BCUT2D eigenvalue weighted by Crippen LogP contribution is -2.46. The number of alkyl halides is 3. The van der Waals surface area contributed by atoms with Gasteiger partial charge in [-0.2, -0.15) is 13.2 Å². The molecule has 0 bridgehead atoms. The van der Waals surface area contributed by atoms with Crippen molar-refractivity contribution in [2.24, 2.45) is 0 Å². The van der Waals surface area contributed by atoms with E-state index in [2.05, 4.69) is 26.6 Å². The zero-order valence-corrected chi connectivity index (χ0v) is 12.7. The Morgan fingerprint density at radius 2 is 2.00 bits per heavy atom. The van der Waals surface area contributed by atoms with Crippen LogP contribution >= 0.6 is 15.9 Å². The van der Waals surface area contributed by atoms with E-state index in [0.717, 1.165) is 38.3 Å². The van der Waals surface area contributed by atoms with Crippen LogP contribution in [-0.2, 0) is 11.0 Å². The molecule has 2 rings (SSSR count). The number of piperazine rings is 1. The molecule has 4 nitrogen and oxygen atoms in total. The van der Waals surface area contributed by atoms with Crippen molar-refractivity contribution < 1.29 is 18.0 Å². The molecule has 0 radical (unpaired) electrons. The fourth-order valence-electron chi connectivity index (χ4n) is 2.06. The van der Waals surface area contributed by atoms with Gasteiger partial charge >= 0.3 is 6.18 Å². The van der Waals surface area contributed by atoms with E-state index in [1.54, 1.807) is 0 Å². The van der Waals surface area contributed by atoms with Crippen LogP contribution in [0.1, 0.15) is 5.56 Å². The van der Waals surface area contributed by atoms with Crippen LogP contribution in [0.4, 0.5) is 18.9 Å². The van der Waals surface area contributed by atoms with Gasteiger partial charge in [0.2, 0.25) is 5.91 Å². The van der Waals surface area contributed by atoms with Crippen molar-refractivity contribution in [1.82, 2.24) is 10.2 Å². The second kappa shape index (κ2) is 6.76. The Labute approximate surface area is 128 Å². The summed E-state index contributed by atoms with van der Waals surface area (Å²) in [4.78, 5) is 13.9. The van der Waals surface area contributed by atoms with Gasteiger partial charge in [-0.15, -0.1) is 0 Å². The molecule has 0 unspecified atom stereocenters. The summed E-state index contributed by atoms with van der Waals surface area (Å²) in [6, 6.07) is 3.18. The molecule has 1 aliphatic rings. The number of hydrogen-bond acceptors (Lipinski definition) is 3. The van der Waals surface area contributed by atoms with Gasteiger partial charge in [-0.05, 0) is 34.1 Å². The summed E-state index contributed by atoms with van der Waals surface area (Å²) in [6.07, 6.45) is -4.43. The zero-order chi connectivity index (χ0) is 15.5. The van der Waals surface area contributed by atoms with Gasteiger partial charge in [0.15, 0.2) is 0 Å². The molecule has 1 amide bonds. The summed E-state index contributed by atoms with van der Waals surface area (Å²) in [5.74, 6) is -0.322. The average molecular weight is 366 g/mol. The number of rotatable bonds is 3. The molecular weight excluding hydrogens is 351 g/mol. The maximum Gasteiger partial charge on any atom is 0.416 e. The number of benzene rings is 1. The number of amides is 1. The fourth-order valence-corrected chi connectivity index (χ4v) is 2.41. The van der Waals surface area contributed by atoms with Crippen molar-refractivity contribution in [3.63, 3.8) is 0 Å². The Morgan fingerprint density at radius 3 is 2.62 bits per heavy atom. The molecular formula is C13H15BrF3N3O. The van der Waals surface area contributed by atoms with Crippen LogP contribution in [0.15, 0.2) is 22.7 Å². The van der Waals surface area contributed by atoms with E-state index in [1.165, 1.54) is 6.07 Å². The Bertz CT molecular complexity index is 516. The van der Waals surface area contributed by atoms with E-state index in [0.29, 0.717) is 4.47 Å². The number of nitrogens with one attached hydrogen (secondary N) is 2. The topological polar surface area (TPSA) is 44.4 Å². The third kappa shape index (κ3) is 4.69. The van der Waals surface area contributed by atoms with Gasteiger partial charge in [0.25, 0.3) is 0 Å². The molecule has 116 valence electrons. The molecule has 0 aliphatic carbocycles. The predicted molar refractivity (Wildman–Crippen MR) is 77.1 cm³/mol. The first kappa shape index (κ1) is 16.3. The zero-order valence-electron chi connectivity index (χ0n) is 11.1. The van der Waals surface area contributed by atoms with E-state index in [-0.39, 0.29) is 18.1 Å². The first-order valence-corrected chi connectivity index (χ1v) is 7.25. The number of anilines is 1. The minimum Gasteiger partial charge on any atom is -0.324 e. The molecule has 1 aromatic carbocycles. The lowest BCUT2D eigenvalue weighted by atomic mass is 10.2. The maximum absolute atomic E-state index is 12.7. The van der Waals surface area contributed by atoms with Crippen molar-refractivity contribution >= 4 is 27.5 Å². The minimum absolute atomic E-state index is 0.130. The van der Waals surface area contributed by atoms with Crippen molar-refractivity contribution in [2.75, 3.05) is 38.0 Å². The van der Waals surface area contributed by atoms with Crippen molar-refractivity contribution in [1.29, 1.82) is 0 Å². The van der Waals surface area contributed by atoms with Gasteiger partial charge in [-0.3, -0.25) is 9.69 Å². The van der Waals surface area contributed by atoms with Crippen LogP contribution in [0.3, 0.4) is 0 Å². The fraction of sp³-hybridized carbons (Fsp3) is 0.462. The van der Waals surface area contributed by atoms with Gasteiger partial charge in [0.05, 0.1) is 17.8 Å². The highest BCUT2D eigenvalue weighted by atomic mass is 79.9. The summed E-state index contributed by atoms with van der Waals surface area (Å²) in [5.41, 5.74) is -0.659. The van der Waals surface area contributed by atoms with Crippen molar-refractivity contribution in [2.45, 2.75) is 6.18 Å². The van der Waals surface area contributed by atoms with Crippen molar-refractivity contribution in [3.8, 4) is 0 Å². The van der Waals surface area contributed by atoms with E-state index in [1.807, 2.05) is 4.90 Å². The highest BCUT2D eigenvalue weighted by Gasteiger charge is 2.31. The van der Waals surface area contributed by atoms with Crippen molar-refractivity contribution in [3.05, 3.63) is 28.2 Å². The molecule has 1 aromatic rings. The van der Waals surface area contributed by atoms with Gasteiger partial charge in [0.1, 0.15) is 0 Å². The predicted octanol–water partition coefficient (Wildman–Crippen LogP) is 2.31. The number of nitrogens with zero attached hydrogens (tertiary/aromatic N) is 1. The summed E-state index contributed by atoms with van der Waals surface area (Å²) >= 11 is 3.15. The summed E-state index contributed by atoms with van der Waals surface area (Å²) in [5, 5.41) is 5.69. The van der Waals surface area contributed by atoms with Crippen LogP contribution in [0.2, 0.25) is 0 Å². The van der Waals surface area contributed by atoms with Crippen LogP contribution in [0, 0.1) is 0 Å². The SMILES string of the molecule is O=C(CN1CCNCC1)Nc1cc(C(F)(F)F)ccc1Br. The van der Waals surface area contributed by atoms with Crippen LogP contribution in [0.25, 0.3) is 0 Å². The minimum atomic E-state index is -4.43. The Kier molecular flexibility index (Phi) is 5.23. The van der Waals surface area contributed by atoms with Gasteiger partial charge in [-0.25, -0.2) is 0 Å². The standard InChI is InChI=1S/C13H15BrF3N3O/c14-10-2-1-9(13(15,16)17)7-11(10)19-12(21)8-20-5-3-18-4-6-20/h1-2,7,18H,3-6,8H2,(H,19,21). The first-order valence-electron chi connectivity index (χ1n) is 6.46. The maximum atomic E-state index is 12.7. The lowest BCUT2D eigenvalue weighted by molar-refractivity contribution is -0.137. The molecule has 0 spiro atoms. The van der Waals surface area contributed by atoms with Crippen LogP contribution < -0.4 is 10.6 Å². The summed E-state index contributed by atoms with van der Waals surface area (Å²) in [7, 11) is 0.